The fourth-order valence-electron chi connectivity index (χ4n) is 2.93. The summed E-state index contributed by atoms with van der Waals surface area (Å²) in [6, 6.07) is 8.47. The Bertz CT molecular complexity index is 500. The van der Waals surface area contributed by atoms with Gasteiger partial charge in [0, 0.05) is 50.4 Å². The van der Waals surface area contributed by atoms with Crippen molar-refractivity contribution in [2.75, 3.05) is 32.8 Å². The molecule has 0 amide bonds. The van der Waals surface area contributed by atoms with Crippen LogP contribution in [0.4, 0.5) is 0 Å². The highest BCUT2D eigenvalue weighted by atomic mass is 35.5. The van der Waals surface area contributed by atoms with Crippen molar-refractivity contribution in [1.82, 2.24) is 9.80 Å². The topological polar surface area (TPSA) is 26.7 Å². The lowest BCUT2D eigenvalue weighted by Crippen LogP contribution is -2.53. The first-order valence-electron chi connectivity index (χ1n) is 8.04. The smallest absolute Gasteiger partial charge is 0.0451 e. The van der Waals surface area contributed by atoms with Crippen molar-refractivity contribution >= 4 is 11.6 Å². The maximum atomic E-state index is 9.35. The zero-order valence-electron chi connectivity index (χ0n) is 13.6. The second-order valence-electron chi connectivity index (χ2n) is 6.27. The second-order valence-corrected chi connectivity index (χ2v) is 6.68. The molecule has 0 bridgehead atoms. The van der Waals surface area contributed by atoms with E-state index in [2.05, 4.69) is 35.8 Å². The molecule has 0 spiro atoms. The third-order valence-electron chi connectivity index (χ3n) is 4.24. The van der Waals surface area contributed by atoms with Gasteiger partial charge in [-0.2, -0.15) is 0 Å². The SMILES string of the molecule is CC(C)=CCN1CCN(Cc2ccccc2Cl)C[C@H]1CCO. The van der Waals surface area contributed by atoms with Gasteiger partial charge in [0.2, 0.25) is 0 Å². The number of halogens is 1. The van der Waals surface area contributed by atoms with Crippen LogP contribution in [0.1, 0.15) is 25.8 Å². The molecule has 1 saturated heterocycles. The minimum absolute atomic E-state index is 0.246. The fourth-order valence-corrected chi connectivity index (χ4v) is 3.13. The molecule has 1 aromatic carbocycles. The Morgan fingerprint density at radius 2 is 2.09 bits per heavy atom. The lowest BCUT2D eigenvalue weighted by atomic mass is 10.1. The van der Waals surface area contributed by atoms with Crippen LogP contribution in [0.25, 0.3) is 0 Å². The fraction of sp³-hybridized carbons (Fsp3) is 0.556. The van der Waals surface area contributed by atoms with Gasteiger partial charge >= 0.3 is 0 Å². The largest absolute Gasteiger partial charge is 0.396 e. The first-order valence-corrected chi connectivity index (χ1v) is 8.42. The van der Waals surface area contributed by atoms with E-state index in [1.807, 2.05) is 18.2 Å². The van der Waals surface area contributed by atoms with Crippen molar-refractivity contribution in [1.29, 1.82) is 0 Å². The molecule has 122 valence electrons. The molecule has 0 radical (unpaired) electrons. The molecular weight excluding hydrogens is 296 g/mol. The summed E-state index contributed by atoms with van der Waals surface area (Å²) in [5.74, 6) is 0. The molecule has 0 unspecified atom stereocenters. The first-order chi connectivity index (χ1) is 10.6. The van der Waals surface area contributed by atoms with Gasteiger partial charge in [0.15, 0.2) is 0 Å². The number of hydrogen-bond acceptors (Lipinski definition) is 3. The molecule has 1 atom stereocenters. The Morgan fingerprint density at radius 3 is 2.77 bits per heavy atom. The van der Waals surface area contributed by atoms with Gasteiger partial charge < -0.3 is 5.11 Å². The molecule has 1 aromatic rings. The quantitative estimate of drug-likeness (QED) is 0.815. The van der Waals surface area contributed by atoms with Gasteiger partial charge in [-0.15, -0.1) is 0 Å². The van der Waals surface area contributed by atoms with Crippen LogP contribution in [-0.4, -0.2) is 53.7 Å². The average molecular weight is 323 g/mol. The maximum Gasteiger partial charge on any atom is 0.0451 e. The van der Waals surface area contributed by atoms with E-state index in [1.54, 1.807) is 0 Å². The van der Waals surface area contributed by atoms with Crippen LogP contribution >= 0.6 is 11.6 Å². The van der Waals surface area contributed by atoms with Crippen molar-refractivity contribution in [2.24, 2.45) is 0 Å². The third kappa shape index (κ3) is 5.10. The van der Waals surface area contributed by atoms with Gasteiger partial charge in [0.05, 0.1) is 0 Å². The molecule has 1 heterocycles. The van der Waals surface area contributed by atoms with Crippen molar-refractivity contribution in [2.45, 2.75) is 32.9 Å². The second kappa shape index (κ2) is 8.68. The maximum absolute atomic E-state index is 9.35. The molecule has 4 heteroatoms. The van der Waals surface area contributed by atoms with Crippen LogP contribution in [0.15, 0.2) is 35.9 Å². The summed E-state index contributed by atoms with van der Waals surface area (Å²) >= 11 is 6.27. The number of rotatable bonds is 6. The summed E-state index contributed by atoms with van der Waals surface area (Å²) in [7, 11) is 0. The predicted octanol–water partition coefficient (Wildman–Crippen LogP) is 3.17. The molecule has 1 N–H and O–H groups in total. The van der Waals surface area contributed by atoms with Gasteiger partial charge in [-0.1, -0.05) is 41.4 Å². The minimum atomic E-state index is 0.246. The van der Waals surface area contributed by atoms with Crippen molar-refractivity contribution < 1.29 is 5.11 Å². The van der Waals surface area contributed by atoms with Crippen LogP contribution in [0, 0.1) is 0 Å². The van der Waals surface area contributed by atoms with Crippen LogP contribution in [0.2, 0.25) is 5.02 Å². The van der Waals surface area contributed by atoms with Gasteiger partial charge in [-0.3, -0.25) is 9.80 Å². The summed E-state index contributed by atoms with van der Waals surface area (Å²) in [6.45, 7) is 9.45. The highest BCUT2D eigenvalue weighted by molar-refractivity contribution is 6.31. The molecule has 1 aliphatic rings. The molecule has 22 heavy (non-hydrogen) atoms. The standard InChI is InChI=1S/C18H27ClN2O/c1-15(2)7-9-21-11-10-20(14-17(21)8-12-22)13-16-5-3-4-6-18(16)19/h3-7,17,22H,8-14H2,1-2H3/t17-/m1/s1. The van der Waals surface area contributed by atoms with Gasteiger partial charge in [0.25, 0.3) is 0 Å². The predicted molar refractivity (Wildman–Crippen MR) is 93.2 cm³/mol. The molecule has 0 saturated carbocycles. The van der Waals surface area contributed by atoms with Crippen molar-refractivity contribution in [3.05, 3.63) is 46.5 Å². The summed E-state index contributed by atoms with van der Waals surface area (Å²) in [4.78, 5) is 4.92. The number of nitrogens with zero attached hydrogens (tertiary/aromatic N) is 2. The van der Waals surface area contributed by atoms with Crippen molar-refractivity contribution in [3.8, 4) is 0 Å². The Labute approximate surface area is 139 Å². The number of hydrogen-bond donors (Lipinski definition) is 1. The summed E-state index contributed by atoms with van der Waals surface area (Å²) in [6.07, 6.45) is 3.10. The number of benzene rings is 1. The van der Waals surface area contributed by atoms with E-state index >= 15 is 0 Å². The lowest BCUT2D eigenvalue weighted by Gasteiger charge is -2.41. The lowest BCUT2D eigenvalue weighted by molar-refractivity contribution is 0.0637. The van der Waals surface area contributed by atoms with E-state index < -0.39 is 0 Å². The monoisotopic (exact) mass is 322 g/mol. The van der Waals surface area contributed by atoms with Gasteiger partial charge in [0.1, 0.15) is 0 Å². The van der Waals surface area contributed by atoms with E-state index in [0.29, 0.717) is 6.04 Å². The Kier molecular flexibility index (Phi) is 6.90. The molecule has 3 nitrogen and oxygen atoms in total. The van der Waals surface area contributed by atoms with Crippen LogP contribution in [0.3, 0.4) is 0 Å². The van der Waals surface area contributed by atoms with E-state index in [0.717, 1.165) is 44.2 Å². The number of piperazine rings is 1. The normalized spacial score (nSPS) is 20.1. The Morgan fingerprint density at radius 1 is 1.32 bits per heavy atom. The highest BCUT2D eigenvalue weighted by Gasteiger charge is 2.26. The van der Waals surface area contributed by atoms with E-state index in [4.69, 9.17) is 11.6 Å². The highest BCUT2D eigenvalue weighted by Crippen LogP contribution is 2.20. The summed E-state index contributed by atoms with van der Waals surface area (Å²) in [5, 5.41) is 10.2. The Balaban J connectivity index is 1.97. The first kappa shape index (κ1) is 17.5. The van der Waals surface area contributed by atoms with Crippen LogP contribution < -0.4 is 0 Å². The molecule has 1 aliphatic heterocycles. The summed E-state index contributed by atoms with van der Waals surface area (Å²) < 4.78 is 0. The van der Waals surface area contributed by atoms with E-state index in [1.165, 1.54) is 11.1 Å². The number of aliphatic hydroxyl groups excluding tert-OH is 1. The zero-order chi connectivity index (χ0) is 15.9. The van der Waals surface area contributed by atoms with Crippen LogP contribution in [0.5, 0.6) is 0 Å². The molecule has 2 rings (SSSR count). The zero-order valence-corrected chi connectivity index (χ0v) is 14.4. The van der Waals surface area contributed by atoms with Crippen molar-refractivity contribution in [3.63, 3.8) is 0 Å². The molecular formula is C18H27ClN2O. The van der Waals surface area contributed by atoms with Gasteiger partial charge in [-0.25, -0.2) is 0 Å². The van der Waals surface area contributed by atoms with Crippen LogP contribution in [-0.2, 0) is 6.54 Å². The van der Waals surface area contributed by atoms with E-state index in [9.17, 15) is 5.11 Å². The number of allylic oxidation sites excluding steroid dienone is 1. The van der Waals surface area contributed by atoms with E-state index in [-0.39, 0.29) is 6.61 Å². The Hall–Kier alpha value is -0.870. The summed E-state index contributed by atoms with van der Waals surface area (Å²) in [5.41, 5.74) is 2.53. The molecule has 0 aromatic heterocycles. The van der Waals surface area contributed by atoms with Gasteiger partial charge in [-0.05, 0) is 31.9 Å². The third-order valence-corrected chi connectivity index (χ3v) is 4.61. The molecule has 1 fully saturated rings. The average Bonchev–Trinajstić information content (AvgIpc) is 2.49. The molecule has 0 aliphatic carbocycles. The number of aliphatic hydroxyl groups is 1. The minimum Gasteiger partial charge on any atom is -0.396 e.